The van der Waals surface area contributed by atoms with Crippen LogP contribution in [0.25, 0.3) is 0 Å². The van der Waals surface area contributed by atoms with Crippen molar-refractivity contribution in [2.75, 3.05) is 32.7 Å². The minimum atomic E-state index is 0.638. The number of aliphatic imine (C=N–C) groups is 1. The molecule has 0 unspecified atom stereocenters. The lowest BCUT2D eigenvalue weighted by Gasteiger charge is -2.25. The van der Waals surface area contributed by atoms with Gasteiger partial charge in [0.05, 0.1) is 6.54 Å². The number of nitrogens with zero attached hydrogens (tertiary/aromatic N) is 2. The first-order valence-electron chi connectivity index (χ1n) is 7.93. The summed E-state index contributed by atoms with van der Waals surface area (Å²) in [7, 11) is 0. The summed E-state index contributed by atoms with van der Waals surface area (Å²) >= 11 is 0. The Balaban J connectivity index is 2.45. The van der Waals surface area contributed by atoms with Crippen LogP contribution in [0.3, 0.4) is 0 Å². The summed E-state index contributed by atoms with van der Waals surface area (Å²) in [5.41, 5.74) is 0. The van der Waals surface area contributed by atoms with Crippen molar-refractivity contribution in [1.29, 1.82) is 0 Å². The van der Waals surface area contributed by atoms with Crippen molar-refractivity contribution in [1.82, 2.24) is 15.5 Å². The molecule has 0 saturated carbocycles. The van der Waals surface area contributed by atoms with Gasteiger partial charge in [0, 0.05) is 25.7 Å². The van der Waals surface area contributed by atoms with Crippen LogP contribution in [-0.4, -0.2) is 49.6 Å². The zero-order chi connectivity index (χ0) is 14.1. The first-order chi connectivity index (χ1) is 9.17. The molecular weight excluding hydrogens is 236 g/mol. The molecule has 19 heavy (non-hydrogen) atoms. The fraction of sp³-hybridized carbons (Fsp3) is 0.933. The van der Waals surface area contributed by atoms with Gasteiger partial charge in [0.25, 0.3) is 0 Å². The van der Waals surface area contributed by atoms with E-state index in [9.17, 15) is 0 Å². The summed E-state index contributed by atoms with van der Waals surface area (Å²) < 4.78 is 0. The summed E-state index contributed by atoms with van der Waals surface area (Å²) in [5, 5.41) is 6.69. The van der Waals surface area contributed by atoms with Gasteiger partial charge in [-0.15, -0.1) is 0 Å². The van der Waals surface area contributed by atoms with Crippen LogP contribution in [0.1, 0.15) is 47.0 Å². The van der Waals surface area contributed by atoms with E-state index in [1.54, 1.807) is 0 Å². The molecule has 0 aromatic rings. The van der Waals surface area contributed by atoms with E-state index in [0.717, 1.165) is 37.9 Å². The van der Waals surface area contributed by atoms with Crippen molar-refractivity contribution in [3.63, 3.8) is 0 Å². The van der Waals surface area contributed by atoms with Crippen LogP contribution < -0.4 is 10.6 Å². The molecule has 1 aliphatic rings. The van der Waals surface area contributed by atoms with E-state index in [-0.39, 0.29) is 0 Å². The first kappa shape index (κ1) is 16.3. The molecular formula is C15H32N4. The van der Waals surface area contributed by atoms with Crippen LogP contribution in [0.4, 0.5) is 0 Å². The lowest BCUT2D eigenvalue weighted by atomic mass is 10.2. The van der Waals surface area contributed by atoms with Crippen molar-refractivity contribution < 1.29 is 0 Å². The zero-order valence-corrected chi connectivity index (χ0v) is 13.2. The monoisotopic (exact) mass is 268 g/mol. The molecule has 4 nitrogen and oxygen atoms in total. The van der Waals surface area contributed by atoms with E-state index in [4.69, 9.17) is 4.99 Å². The Hall–Kier alpha value is -0.770. The molecule has 1 heterocycles. The highest BCUT2D eigenvalue weighted by molar-refractivity contribution is 5.79. The maximum Gasteiger partial charge on any atom is 0.191 e. The molecule has 0 bridgehead atoms. The smallest absolute Gasteiger partial charge is 0.191 e. The number of hydrogen-bond acceptors (Lipinski definition) is 2. The highest BCUT2D eigenvalue weighted by Gasteiger charge is 2.24. The minimum absolute atomic E-state index is 0.638. The molecule has 4 heteroatoms. The van der Waals surface area contributed by atoms with E-state index in [1.807, 2.05) is 0 Å². The second-order valence-electron chi connectivity index (χ2n) is 5.83. The number of likely N-dealkylation sites (tertiary alicyclic amines) is 1. The van der Waals surface area contributed by atoms with Gasteiger partial charge >= 0.3 is 0 Å². The predicted molar refractivity (Wildman–Crippen MR) is 83.7 cm³/mol. The number of guanidine groups is 1. The third-order valence-electron chi connectivity index (χ3n) is 3.45. The Bertz CT molecular complexity index is 263. The van der Waals surface area contributed by atoms with Crippen molar-refractivity contribution in [3.8, 4) is 0 Å². The second-order valence-corrected chi connectivity index (χ2v) is 5.83. The highest BCUT2D eigenvalue weighted by atomic mass is 15.2. The van der Waals surface area contributed by atoms with Crippen LogP contribution in [0.2, 0.25) is 0 Å². The fourth-order valence-electron chi connectivity index (χ4n) is 2.59. The van der Waals surface area contributed by atoms with Gasteiger partial charge < -0.3 is 10.6 Å². The first-order valence-corrected chi connectivity index (χ1v) is 7.93. The van der Waals surface area contributed by atoms with Gasteiger partial charge in [-0.1, -0.05) is 20.8 Å². The lowest BCUT2D eigenvalue weighted by molar-refractivity contribution is 0.231. The van der Waals surface area contributed by atoms with Gasteiger partial charge in [0.15, 0.2) is 5.96 Å². The van der Waals surface area contributed by atoms with E-state index in [0.29, 0.717) is 6.04 Å². The average Bonchev–Trinajstić information content (AvgIpc) is 2.79. The summed E-state index contributed by atoms with van der Waals surface area (Å²) in [4.78, 5) is 7.35. The van der Waals surface area contributed by atoms with Gasteiger partial charge in [-0.3, -0.25) is 9.89 Å². The molecule has 1 atom stereocenters. The largest absolute Gasteiger partial charge is 0.357 e. The molecule has 2 N–H and O–H groups in total. The van der Waals surface area contributed by atoms with Crippen LogP contribution in [-0.2, 0) is 0 Å². The maximum absolute atomic E-state index is 4.74. The van der Waals surface area contributed by atoms with E-state index < -0.39 is 0 Å². The molecule has 1 aliphatic heterocycles. The van der Waals surface area contributed by atoms with Crippen LogP contribution in [0.15, 0.2) is 4.99 Å². The quantitative estimate of drug-likeness (QED) is 0.548. The van der Waals surface area contributed by atoms with Gasteiger partial charge in [-0.2, -0.15) is 0 Å². The fourth-order valence-corrected chi connectivity index (χ4v) is 2.59. The third-order valence-corrected chi connectivity index (χ3v) is 3.45. The molecule has 1 saturated heterocycles. The molecule has 0 aromatic heterocycles. The molecule has 112 valence electrons. The predicted octanol–water partition coefficient (Wildman–Crippen LogP) is 2.07. The zero-order valence-electron chi connectivity index (χ0n) is 13.2. The molecule has 1 fully saturated rings. The van der Waals surface area contributed by atoms with Gasteiger partial charge in [-0.05, 0) is 38.6 Å². The molecule has 1 rings (SSSR count). The summed E-state index contributed by atoms with van der Waals surface area (Å²) in [6, 6.07) is 0.638. The Morgan fingerprint density at radius 3 is 2.74 bits per heavy atom. The number of hydrogen-bond donors (Lipinski definition) is 2. The summed E-state index contributed by atoms with van der Waals surface area (Å²) in [5.74, 6) is 1.72. The maximum atomic E-state index is 4.74. The minimum Gasteiger partial charge on any atom is -0.357 e. The van der Waals surface area contributed by atoms with E-state index >= 15 is 0 Å². The number of rotatable bonds is 7. The second kappa shape index (κ2) is 9.18. The lowest BCUT2D eigenvalue weighted by Crippen LogP contribution is -2.40. The number of nitrogens with one attached hydrogen (secondary N) is 2. The van der Waals surface area contributed by atoms with Crippen molar-refractivity contribution >= 4 is 5.96 Å². The Labute approximate surface area is 119 Å². The molecule has 0 radical (unpaired) electrons. The van der Waals surface area contributed by atoms with E-state index in [1.165, 1.54) is 25.9 Å². The van der Waals surface area contributed by atoms with E-state index in [2.05, 4.69) is 43.2 Å². The summed E-state index contributed by atoms with van der Waals surface area (Å²) in [6.45, 7) is 14.2. The van der Waals surface area contributed by atoms with Crippen molar-refractivity contribution in [3.05, 3.63) is 0 Å². The van der Waals surface area contributed by atoms with Gasteiger partial charge in [0.2, 0.25) is 0 Å². The normalized spacial score (nSPS) is 21.1. The Kier molecular flexibility index (Phi) is 7.87. The topological polar surface area (TPSA) is 39.7 Å². The highest BCUT2D eigenvalue weighted by Crippen LogP contribution is 2.18. The average molecular weight is 268 g/mol. The Morgan fingerprint density at radius 2 is 2.11 bits per heavy atom. The SMILES string of the molecule is CCCNC(=NC[C@H]1CCCN1CC(C)C)NCC. The standard InChI is InChI=1S/C15H32N4/c1-5-9-17-15(16-6-2)18-11-14-8-7-10-19(14)12-13(3)4/h13-14H,5-12H2,1-4H3,(H2,16,17,18)/t14-/m1/s1. The Morgan fingerprint density at radius 1 is 1.32 bits per heavy atom. The van der Waals surface area contributed by atoms with Gasteiger partial charge in [-0.25, -0.2) is 0 Å². The molecule has 0 amide bonds. The van der Waals surface area contributed by atoms with Crippen LogP contribution in [0.5, 0.6) is 0 Å². The molecule has 0 spiro atoms. The van der Waals surface area contributed by atoms with Crippen molar-refractivity contribution in [2.24, 2.45) is 10.9 Å². The third kappa shape index (κ3) is 6.28. The molecule has 0 aliphatic carbocycles. The van der Waals surface area contributed by atoms with Crippen LogP contribution in [0, 0.1) is 5.92 Å². The van der Waals surface area contributed by atoms with Gasteiger partial charge in [0.1, 0.15) is 0 Å². The summed E-state index contributed by atoms with van der Waals surface area (Å²) in [6.07, 6.45) is 3.75. The molecule has 0 aromatic carbocycles. The van der Waals surface area contributed by atoms with Crippen LogP contribution >= 0.6 is 0 Å². The van der Waals surface area contributed by atoms with Crippen molar-refractivity contribution in [2.45, 2.75) is 53.0 Å².